The molecule has 4 nitrogen and oxygen atoms in total. The van der Waals surface area contributed by atoms with Crippen LogP contribution < -0.4 is 5.17 Å². The summed E-state index contributed by atoms with van der Waals surface area (Å²) in [5.74, 6) is -1.64. The molecule has 0 N–H and O–H groups in total. The average molecular weight is 235 g/mol. The van der Waals surface area contributed by atoms with Crippen molar-refractivity contribution in [1.29, 1.82) is 0 Å². The molecule has 0 saturated heterocycles. The second-order valence-corrected chi connectivity index (χ2v) is 2.90. The number of hydrazone groups is 1. The molecule has 0 unspecified atom stereocenters. The van der Waals surface area contributed by atoms with Crippen molar-refractivity contribution in [2.75, 3.05) is 11.1 Å². The zero-order valence-corrected chi connectivity index (χ0v) is 8.04. The van der Waals surface area contributed by atoms with E-state index in [1.807, 2.05) is 0 Å². The van der Waals surface area contributed by atoms with E-state index in [-0.39, 0.29) is 11.8 Å². The van der Waals surface area contributed by atoms with Gasteiger partial charge in [-0.15, -0.1) is 16.7 Å². The highest BCUT2D eigenvalue weighted by molar-refractivity contribution is 6.27. The van der Waals surface area contributed by atoms with Crippen LogP contribution in [0.1, 0.15) is 0 Å². The Kier molecular flexibility index (Phi) is 2.70. The summed E-state index contributed by atoms with van der Waals surface area (Å²) in [6.45, 7) is 0. The van der Waals surface area contributed by atoms with Crippen LogP contribution >= 0.6 is 11.6 Å². The van der Waals surface area contributed by atoms with E-state index in [1.54, 1.807) is 0 Å². The number of alkyl halides is 1. The second-order valence-electron chi connectivity index (χ2n) is 2.63. The number of rotatable bonds is 2. The first-order valence-corrected chi connectivity index (χ1v) is 4.48. The Labute approximate surface area is 88.5 Å². The number of hydrogen-bond donors (Lipinski definition) is 0. The van der Waals surface area contributed by atoms with Gasteiger partial charge in [0.05, 0.1) is 0 Å². The summed E-state index contributed by atoms with van der Waals surface area (Å²) < 4.78 is 26.4. The Morgan fingerprint density at radius 2 is 2.00 bits per heavy atom. The van der Waals surface area contributed by atoms with Gasteiger partial charge in [0, 0.05) is 0 Å². The van der Waals surface area contributed by atoms with Crippen LogP contribution in [-0.4, -0.2) is 11.8 Å². The van der Waals surface area contributed by atoms with Crippen LogP contribution in [0, 0.1) is 11.6 Å². The van der Waals surface area contributed by atoms with Crippen LogP contribution in [0.2, 0.25) is 0 Å². The lowest BCUT2D eigenvalue weighted by Gasteiger charge is -2.09. The van der Waals surface area contributed by atoms with E-state index in [9.17, 15) is 8.78 Å². The minimum Gasteiger partial charge on any atom is -0.293 e. The third-order valence-corrected chi connectivity index (χ3v) is 1.88. The zero-order chi connectivity index (χ0) is 10.8. The molecule has 1 aromatic rings. The lowest BCUT2D eigenvalue weighted by molar-refractivity contribution is -0.214. The first kappa shape index (κ1) is 10.1. The number of anilines is 1. The Balaban J connectivity index is 2.35. The smallest absolute Gasteiger partial charge is 0.269 e. The maximum Gasteiger partial charge on any atom is 0.269 e. The summed E-state index contributed by atoms with van der Waals surface area (Å²) in [6.07, 6.45) is 0. The molecular weight excluding hydrogens is 230 g/mol. The van der Waals surface area contributed by atoms with E-state index < -0.39 is 17.3 Å². The highest BCUT2D eigenvalue weighted by Crippen LogP contribution is 2.26. The number of halogens is 3. The Morgan fingerprint density at radius 3 is 2.53 bits per heavy atom. The lowest BCUT2D eigenvalue weighted by atomic mass is 10.3. The third kappa shape index (κ3) is 1.86. The Bertz CT molecular complexity index is 393. The van der Waals surface area contributed by atoms with Crippen molar-refractivity contribution in [2.24, 2.45) is 5.10 Å². The van der Waals surface area contributed by atoms with E-state index in [0.29, 0.717) is 5.17 Å². The molecule has 7 heteroatoms. The first-order chi connectivity index (χ1) is 7.22. The maximum atomic E-state index is 13.2. The largest absolute Gasteiger partial charge is 0.293 e. The van der Waals surface area contributed by atoms with E-state index in [2.05, 4.69) is 15.0 Å². The molecule has 15 heavy (non-hydrogen) atoms. The van der Waals surface area contributed by atoms with Crippen LogP contribution in [0.5, 0.6) is 0 Å². The summed E-state index contributed by atoms with van der Waals surface area (Å²) >= 11 is 5.39. The summed E-state index contributed by atoms with van der Waals surface area (Å²) in [5, 5.41) is 4.19. The number of hydrogen-bond acceptors (Lipinski definition) is 4. The van der Waals surface area contributed by atoms with Crippen molar-refractivity contribution >= 4 is 23.2 Å². The van der Waals surface area contributed by atoms with Gasteiger partial charge in [-0.25, -0.2) is 8.78 Å². The van der Waals surface area contributed by atoms with E-state index in [1.165, 1.54) is 6.07 Å². The first-order valence-electron chi connectivity index (χ1n) is 3.94. The van der Waals surface area contributed by atoms with Gasteiger partial charge in [-0.2, -0.15) is 0 Å². The second kappa shape index (κ2) is 4.00. The van der Waals surface area contributed by atoms with Gasteiger partial charge < -0.3 is 0 Å². The highest BCUT2D eigenvalue weighted by Gasteiger charge is 2.24. The predicted octanol–water partition coefficient (Wildman–Crippen LogP) is 2.20. The molecular formula is C8H5ClF2N2O2. The lowest BCUT2D eigenvalue weighted by Crippen LogP contribution is -2.13. The fourth-order valence-electron chi connectivity index (χ4n) is 1.02. The van der Waals surface area contributed by atoms with Crippen LogP contribution in [-0.2, 0) is 9.88 Å². The molecule has 1 aromatic carbocycles. The average Bonchev–Trinajstić information content (AvgIpc) is 2.66. The minimum atomic E-state index is -0.807. The molecule has 80 valence electrons. The Hall–Kier alpha value is -1.40. The summed E-state index contributed by atoms with van der Waals surface area (Å²) in [7, 11) is 0. The fraction of sp³-hybridized carbons (Fsp3) is 0.125. The van der Waals surface area contributed by atoms with Gasteiger partial charge >= 0.3 is 0 Å². The van der Waals surface area contributed by atoms with E-state index in [4.69, 9.17) is 11.6 Å². The van der Waals surface area contributed by atoms with Gasteiger partial charge in [0.25, 0.3) is 5.90 Å². The minimum absolute atomic E-state index is 0.0271. The van der Waals surface area contributed by atoms with E-state index in [0.717, 1.165) is 12.1 Å². The molecule has 0 spiro atoms. The number of nitrogens with zero attached hydrogens (tertiary/aromatic N) is 2. The molecule has 0 radical (unpaired) electrons. The fourth-order valence-corrected chi connectivity index (χ4v) is 1.12. The SMILES string of the molecule is Fc1cccc(F)c1N1N=C(CCl)OO1. The monoisotopic (exact) mass is 234 g/mol. The van der Waals surface area contributed by atoms with Crippen molar-refractivity contribution in [1.82, 2.24) is 0 Å². The standard InChI is InChI=1S/C8H5ClF2N2O2/c9-4-7-12-13(15-14-7)8-5(10)2-1-3-6(8)11/h1-3H,4H2. The molecule has 0 aromatic heterocycles. The summed E-state index contributed by atoms with van der Waals surface area (Å²) in [5.41, 5.74) is -0.447. The molecule has 0 bridgehead atoms. The van der Waals surface area contributed by atoms with E-state index >= 15 is 0 Å². The summed E-state index contributed by atoms with van der Waals surface area (Å²) in [6, 6.07) is 3.39. The molecule has 0 atom stereocenters. The number of benzene rings is 1. The number of para-hydroxylation sites is 1. The molecule has 2 rings (SSSR count). The van der Waals surface area contributed by atoms with Crippen molar-refractivity contribution in [3.05, 3.63) is 29.8 Å². The molecule has 0 aliphatic carbocycles. The maximum absolute atomic E-state index is 13.2. The van der Waals surface area contributed by atoms with Gasteiger partial charge in [0.15, 0.2) is 17.3 Å². The van der Waals surface area contributed by atoms with Gasteiger partial charge in [-0.1, -0.05) is 11.2 Å². The van der Waals surface area contributed by atoms with Gasteiger partial charge in [-0.05, 0) is 17.1 Å². The third-order valence-electron chi connectivity index (χ3n) is 1.65. The van der Waals surface area contributed by atoms with Crippen molar-refractivity contribution in [3.63, 3.8) is 0 Å². The molecule has 0 fully saturated rings. The van der Waals surface area contributed by atoms with Gasteiger partial charge in [0.1, 0.15) is 5.88 Å². The highest BCUT2D eigenvalue weighted by atomic mass is 35.5. The molecule has 0 saturated carbocycles. The predicted molar refractivity (Wildman–Crippen MR) is 49.2 cm³/mol. The van der Waals surface area contributed by atoms with Crippen LogP contribution in [0.25, 0.3) is 0 Å². The van der Waals surface area contributed by atoms with Crippen LogP contribution in [0.4, 0.5) is 14.5 Å². The van der Waals surface area contributed by atoms with Gasteiger partial charge in [-0.3, -0.25) is 4.89 Å². The molecule has 0 amide bonds. The molecule has 1 aliphatic rings. The normalized spacial score (nSPS) is 15.1. The van der Waals surface area contributed by atoms with Crippen molar-refractivity contribution in [2.45, 2.75) is 0 Å². The van der Waals surface area contributed by atoms with Crippen molar-refractivity contribution < 1.29 is 18.7 Å². The van der Waals surface area contributed by atoms with Gasteiger partial charge in [0.2, 0.25) is 0 Å². The molecule has 1 aliphatic heterocycles. The Morgan fingerprint density at radius 1 is 1.33 bits per heavy atom. The van der Waals surface area contributed by atoms with Crippen LogP contribution in [0.3, 0.4) is 0 Å². The quantitative estimate of drug-likeness (QED) is 0.581. The van der Waals surface area contributed by atoms with Crippen molar-refractivity contribution in [3.8, 4) is 0 Å². The topological polar surface area (TPSA) is 34.1 Å². The summed E-state index contributed by atoms with van der Waals surface area (Å²) in [4.78, 5) is 8.96. The molecule has 1 heterocycles. The van der Waals surface area contributed by atoms with Crippen LogP contribution in [0.15, 0.2) is 23.3 Å². The zero-order valence-electron chi connectivity index (χ0n) is 7.28.